The van der Waals surface area contributed by atoms with Crippen LogP contribution in [0.4, 0.5) is 0 Å². The summed E-state index contributed by atoms with van der Waals surface area (Å²) in [7, 11) is 0. The molecule has 1 aliphatic carbocycles. The molecule has 4 atom stereocenters. The molecule has 4 N–H and O–H groups in total. The van der Waals surface area contributed by atoms with E-state index in [9.17, 15) is 10.2 Å². The van der Waals surface area contributed by atoms with E-state index in [1.165, 1.54) is 0 Å². The van der Waals surface area contributed by atoms with Crippen molar-refractivity contribution in [3.8, 4) is 0 Å². The van der Waals surface area contributed by atoms with Crippen molar-refractivity contribution in [2.75, 3.05) is 6.61 Å². The third-order valence-corrected chi connectivity index (χ3v) is 2.73. The maximum Gasteiger partial charge on any atom is 0.180 e. The summed E-state index contributed by atoms with van der Waals surface area (Å²) in [5.41, 5.74) is 0. The van der Waals surface area contributed by atoms with Crippen LogP contribution in [0, 0.1) is 5.92 Å². The number of hydrogen-bond acceptors (Lipinski definition) is 6. The lowest BCUT2D eigenvalue weighted by Crippen LogP contribution is -2.29. The van der Waals surface area contributed by atoms with Crippen LogP contribution in [0.1, 0.15) is 18.2 Å². The van der Waals surface area contributed by atoms with Gasteiger partial charge in [0.15, 0.2) is 5.82 Å². The molecule has 0 radical (unpaired) electrons. The van der Waals surface area contributed by atoms with E-state index in [-0.39, 0.29) is 18.4 Å². The number of H-pyrrole nitrogens is 1. The van der Waals surface area contributed by atoms with Crippen molar-refractivity contribution >= 4 is 0 Å². The second-order valence-corrected chi connectivity index (χ2v) is 3.54. The summed E-state index contributed by atoms with van der Waals surface area (Å²) in [4.78, 5) is 0. The van der Waals surface area contributed by atoms with Gasteiger partial charge in [-0.15, -0.1) is 10.2 Å². The predicted octanol–water partition coefficient (Wildman–Crippen LogP) is -1.98. The average molecular weight is 200 g/mol. The van der Waals surface area contributed by atoms with Crippen LogP contribution in [-0.2, 0) is 0 Å². The highest BCUT2D eigenvalue weighted by Gasteiger charge is 2.43. The zero-order valence-corrected chi connectivity index (χ0v) is 7.41. The number of nitrogens with one attached hydrogen (secondary N) is 1. The molecule has 1 aliphatic rings. The molecule has 1 aromatic rings. The van der Waals surface area contributed by atoms with Crippen LogP contribution in [0.15, 0.2) is 0 Å². The van der Waals surface area contributed by atoms with Crippen LogP contribution >= 0.6 is 0 Å². The second-order valence-electron chi connectivity index (χ2n) is 3.54. The van der Waals surface area contributed by atoms with Gasteiger partial charge in [0.1, 0.15) is 0 Å². The van der Waals surface area contributed by atoms with Crippen molar-refractivity contribution in [1.29, 1.82) is 0 Å². The normalized spacial score (nSPS) is 37.6. The van der Waals surface area contributed by atoms with Crippen LogP contribution < -0.4 is 0 Å². The Balaban J connectivity index is 2.16. The Kier molecular flexibility index (Phi) is 2.44. The quantitative estimate of drug-likeness (QED) is 0.439. The van der Waals surface area contributed by atoms with E-state index in [0.717, 1.165) is 0 Å². The van der Waals surface area contributed by atoms with Crippen molar-refractivity contribution in [2.45, 2.75) is 24.5 Å². The number of tetrazole rings is 1. The van der Waals surface area contributed by atoms with E-state index < -0.39 is 12.2 Å². The van der Waals surface area contributed by atoms with Gasteiger partial charge in [0.05, 0.1) is 18.1 Å². The average Bonchev–Trinajstić information content (AvgIpc) is 2.78. The Morgan fingerprint density at radius 3 is 2.64 bits per heavy atom. The van der Waals surface area contributed by atoms with E-state index in [4.69, 9.17) is 5.11 Å². The van der Waals surface area contributed by atoms with Crippen LogP contribution in [-0.4, -0.2) is 54.8 Å². The number of nitrogens with zero attached hydrogens (tertiary/aromatic N) is 3. The maximum absolute atomic E-state index is 9.65. The molecular weight excluding hydrogens is 188 g/mol. The zero-order valence-electron chi connectivity index (χ0n) is 7.41. The van der Waals surface area contributed by atoms with Crippen LogP contribution in [0.3, 0.4) is 0 Å². The van der Waals surface area contributed by atoms with Crippen molar-refractivity contribution in [3.05, 3.63) is 5.82 Å². The van der Waals surface area contributed by atoms with Gasteiger partial charge in [-0.3, -0.25) is 0 Å². The molecule has 78 valence electrons. The van der Waals surface area contributed by atoms with Crippen molar-refractivity contribution in [3.63, 3.8) is 0 Å². The second kappa shape index (κ2) is 3.60. The van der Waals surface area contributed by atoms with E-state index in [2.05, 4.69) is 20.6 Å². The molecule has 1 saturated carbocycles. The molecule has 0 spiro atoms. The molecule has 0 aromatic carbocycles. The number of aliphatic hydroxyl groups is 3. The molecule has 1 fully saturated rings. The number of aliphatic hydroxyl groups excluding tert-OH is 3. The van der Waals surface area contributed by atoms with Gasteiger partial charge in [-0.25, -0.2) is 0 Å². The van der Waals surface area contributed by atoms with Gasteiger partial charge >= 0.3 is 0 Å². The van der Waals surface area contributed by atoms with Crippen molar-refractivity contribution < 1.29 is 15.3 Å². The minimum atomic E-state index is -0.926. The zero-order chi connectivity index (χ0) is 10.1. The molecule has 7 heteroatoms. The largest absolute Gasteiger partial charge is 0.396 e. The van der Waals surface area contributed by atoms with Gasteiger partial charge in [0, 0.05) is 12.5 Å². The summed E-state index contributed by atoms with van der Waals surface area (Å²) in [6.07, 6.45) is -1.37. The van der Waals surface area contributed by atoms with Crippen LogP contribution in [0.5, 0.6) is 0 Å². The number of hydrogen-bond donors (Lipinski definition) is 4. The Labute approximate surface area is 79.8 Å². The first kappa shape index (κ1) is 9.50. The number of aromatic amines is 1. The highest BCUT2D eigenvalue weighted by molar-refractivity contribution is 5.05. The molecule has 14 heavy (non-hydrogen) atoms. The Bertz CT molecular complexity index is 291. The van der Waals surface area contributed by atoms with E-state index in [1.807, 2.05) is 0 Å². The SMILES string of the molecule is OC[C@H]1CC(c2nn[nH]n2)[C@H](O)[C@@H]1O. The lowest BCUT2D eigenvalue weighted by Gasteiger charge is -2.13. The summed E-state index contributed by atoms with van der Waals surface area (Å²) in [6, 6.07) is 0. The monoisotopic (exact) mass is 200 g/mol. The number of rotatable bonds is 2. The lowest BCUT2D eigenvalue weighted by atomic mass is 10.0. The van der Waals surface area contributed by atoms with Gasteiger partial charge in [0.2, 0.25) is 0 Å². The van der Waals surface area contributed by atoms with Crippen molar-refractivity contribution in [1.82, 2.24) is 20.6 Å². The van der Waals surface area contributed by atoms with Gasteiger partial charge in [-0.05, 0) is 6.42 Å². The van der Waals surface area contributed by atoms with E-state index in [1.54, 1.807) is 0 Å². The first-order valence-corrected chi connectivity index (χ1v) is 4.44. The van der Waals surface area contributed by atoms with E-state index in [0.29, 0.717) is 12.2 Å². The predicted molar refractivity (Wildman–Crippen MR) is 44.1 cm³/mol. The fraction of sp³-hybridized carbons (Fsp3) is 0.857. The summed E-state index contributed by atoms with van der Waals surface area (Å²) in [5, 5.41) is 41.3. The fourth-order valence-electron chi connectivity index (χ4n) is 1.89. The highest BCUT2D eigenvalue weighted by Crippen LogP contribution is 2.36. The highest BCUT2D eigenvalue weighted by atomic mass is 16.3. The van der Waals surface area contributed by atoms with Gasteiger partial charge in [-0.2, -0.15) is 5.21 Å². The molecule has 2 rings (SSSR count). The first-order valence-electron chi connectivity index (χ1n) is 4.44. The Morgan fingerprint density at radius 1 is 1.36 bits per heavy atom. The molecule has 0 bridgehead atoms. The molecule has 1 heterocycles. The van der Waals surface area contributed by atoms with Gasteiger partial charge in [-0.1, -0.05) is 5.21 Å². The molecule has 1 unspecified atom stereocenters. The Morgan fingerprint density at radius 2 is 2.14 bits per heavy atom. The standard InChI is InChI=1S/C7H12N4O3/c12-2-3-1-4(6(14)5(3)13)7-8-10-11-9-7/h3-6,12-14H,1-2H2,(H,8,9,10,11)/t3-,4?,5-,6+/m1/s1. The minimum Gasteiger partial charge on any atom is -0.396 e. The number of aromatic nitrogens is 4. The summed E-state index contributed by atoms with van der Waals surface area (Å²) in [5.74, 6) is -0.276. The molecular formula is C7H12N4O3. The van der Waals surface area contributed by atoms with Crippen LogP contribution in [0.25, 0.3) is 0 Å². The smallest absolute Gasteiger partial charge is 0.180 e. The summed E-state index contributed by atoms with van der Waals surface area (Å²) in [6.45, 7) is -0.146. The van der Waals surface area contributed by atoms with Gasteiger partial charge < -0.3 is 15.3 Å². The molecule has 0 aliphatic heterocycles. The third-order valence-electron chi connectivity index (χ3n) is 2.73. The maximum atomic E-state index is 9.65. The third kappa shape index (κ3) is 1.39. The minimum absolute atomic E-state index is 0.146. The Hall–Kier alpha value is -1.05. The van der Waals surface area contributed by atoms with Crippen molar-refractivity contribution in [2.24, 2.45) is 5.92 Å². The molecule has 0 saturated heterocycles. The summed E-state index contributed by atoms with van der Waals surface area (Å²) < 4.78 is 0. The molecule has 1 aromatic heterocycles. The summed E-state index contributed by atoms with van der Waals surface area (Å²) >= 11 is 0. The van der Waals surface area contributed by atoms with E-state index >= 15 is 0 Å². The molecule has 7 nitrogen and oxygen atoms in total. The first-order chi connectivity index (χ1) is 6.74. The van der Waals surface area contributed by atoms with Gasteiger partial charge in [0.25, 0.3) is 0 Å². The van der Waals surface area contributed by atoms with Crippen LogP contribution in [0.2, 0.25) is 0 Å². The fourth-order valence-corrected chi connectivity index (χ4v) is 1.89. The molecule has 0 amide bonds. The topological polar surface area (TPSA) is 115 Å². The lowest BCUT2D eigenvalue weighted by molar-refractivity contribution is 0.00168.